The van der Waals surface area contributed by atoms with E-state index in [1.165, 1.54) is 6.08 Å². The lowest BCUT2D eigenvalue weighted by molar-refractivity contribution is -0.120. The molecule has 1 aromatic heterocycles. The summed E-state index contributed by atoms with van der Waals surface area (Å²) in [5.74, 6) is -0.315. The fraction of sp³-hybridized carbons (Fsp3) is 0.278. The van der Waals surface area contributed by atoms with E-state index < -0.39 is 0 Å². The van der Waals surface area contributed by atoms with Gasteiger partial charge in [0.15, 0.2) is 0 Å². The third-order valence-electron chi connectivity index (χ3n) is 3.39. The number of aryl methyl sites for hydroxylation is 2. The molecule has 0 aliphatic heterocycles. The van der Waals surface area contributed by atoms with Gasteiger partial charge in [0, 0.05) is 25.0 Å². The molecule has 0 saturated heterocycles. The number of hydrogen-bond acceptors (Lipinski definition) is 3. The van der Waals surface area contributed by atoms with Gasteiger partial charge in [0.25, 0.3) is 0 Å². The zero-order valence-electron chi connectivity index (χ0n) is 13.8. The average molecular weight is 326 g/mol. The van der Waals surface area contributed by atoms with Crippen LogP contribution in [0, 0.1) is 6.92 Å². The lowest BCUT2D eigenvalue weighted by Crippen LogP contribution is -2.26. The molecule has 2 amide bonds. The highest BCUT2D eigenvalue weighted by atomic mass is 16.2. The lowest BCUT2D eigenvalue weighted by atomic mass is 10.1. The molecular formula is C18H22N4O2. The Balaban J connectivity index is 1.74. The SMILES string of the molecule is C=CC(=O)Nc1cccc(CC(=O)NCCCn2cc(C)cn2)c1. The van der Waals surface area contributed by atoms with Crippen LogP contribution < -0.4 is 10.6 Å². The van der Waals surface area contributed by atoms with Gasteiger partial charge in [0.05, 0.1) is 12.6 Å². The number of hydrogen-bond donors (Lipinski definition) is 2. The van der Waals surface area contributed by atoms with Crippen molar-refractivity contribution in [3.63, 3.8) is 0 Å². The molecular weight excluding hydrogens is 304 g/mol. The summed E-state index contributed by atoms with van der Waals surface area (Å²) in [7, 11) is 0. The van der Waals surface area contributed by atoms with Crippen molar-refractivity contribution in [2.75, 3.05) is 11.9 Å². The highest BCUT2D eigenvalue weighted by Gasteiger charge is 2.05. The normalized spacial score (nSPS) is 10.2. The Labute approximate surface area is 141 Å². The molecule has 0 radical (unpaired) electrons. The van der Waals surface area contributed by atoms with Crippen molar-refractivity contribution in [1.82, 2.24) is 15.1 Å². The number of amides is 2. The van der Waals surface area contributed by atoms with E-state index in [4.69, 9.17) is 0 Å². The molecule has 126 valence electrons. The Morgan fingerprint density at radius 2 is 2.21 bits per heavy atom. The molecule has 0 saturated carbocycles. The maximum absolute atomic E-state index is 12.0. The lowest BCUT2D eigenvalue weighted by Gasteiger charge is -2.07. The molecule has 0 bridgehead atoms. The summed E-state index contributed by atoms with van der Waals surface area (Å²) in [6.07, 6.45) is 6.10. The topological polar surface area (TPSA) is 76.0 Å². The monoisotopic (exact) mass is 326 g/mol. The molecule has 6 nitrogen and oxygen atoms in total. The van der Waals surface area contributed by atoms with Gasteiger partial charge in [-0.05, 0) is 42.7 Å². The maximum Gasteiger partial charge on any atom is 0.247 e. The zero-order valence-corrected chi connectivity index (χ0v) is 13.8. The minimum absolute atomic E-state index is 0.0427. The Hall–Kier alpha value is -2.89. The molecule has 6 heteroatoms. The molecule has 0 atom stereocenters. The smallest absolute Gasteiger partial charge is 0.247 e. The van der Waals surface area contributed by atoms with Crippen molar-refractivity contribution in [3.8, 4) is 0 Å². The Morgan fingerprint density at radius 1 is 1.38 bits per heavy atom. The second-order valence-electron chi connectivity index (χ2n) is 5.55. The average Bonchev–Trinajstić information content (AvgIpc) is 2.97. The summed E-state index contributed by atoms with van der Waals surface area (Å²) >= 11 is 0. The highest BCUT2D eigenvalue weighted by molar-refractivity contribution is 5.98. The number of benzene rings is 1. The van der Waals surface area contributed by atoms with Gasteiger partial charge in [0.2, 0.25) is 11.8 Å². The molecule has 2 N–H and O–H groups in total. The molecule has 2 rings (SSSR count). The second-order valence-corrected chi connectivity index (χ2v) is 5.55. The van der Waals surface area contributed by atoms with Crippen LogP contribution in [0.4, 0.5) is 5.69 Å². The minimum atomic E-state index is -0.273. The first-order valence-corrected chi connectivity index (χ1v) is 7.85. The Bertz CT molecular complexity index is 721. The molecule has 1 aromatic carbocycles. The molecule has 24 heavy (non-hydrogen) atoms. The van der Waals surface area contributed by atoms with Gasteiger partial charge in [0.1, 0.15) is 0 Å². The fourth-order valence-corrected chi connectivity index (χ4v) is 2.26. The van der Waals surface area contributed by atoms with Crippen molar-refractivity contribution in [2.24, 2.45) is 0 Å². The molecule has 0 spiro atoms. The van der Waals surface area contributed by atoms with Gasteiger partial charge in [-0.2, -0.15) is 5.10 Å². The van der Waals surface area contributed by atoms with Gasteiger partial charge < -0.3 is 10.6 Å². The summed E-state index contributed by atoms with van der Waals surface area (Å²) in [5, 5.41) is 9.78. The number of carbonyl (C=O) groups excluding carboxylic acids is 2. The van der Waals surface area contributed by atoms with Crippen LogP contribution in [0.15, 0.2) is 49.3 Å². The Kier molecular flexibility index (Phi) is 6.31. The Morgan fingerprint density at radius 3 is 2.92 bits per heavy atom. The van der Waals surface area contributed by atoms with E-state index in [0.717, 1.165) is 24.1 Å². The molecule has 0 fully saturated rings. The predicted octanol–water partition coefficient (Wildman–Crippen LogP) is 2.07. The molecule has 0 unspecified atom stereocenters. The predicted molar refractivity (Wildman–Crippen MR) is 93.6 cm³/mol. The summed E-state index contributed by atoms with van der Waals surface area (Å²) in [4.78, 5) is 23.3. The zero-order chi connectivity index (χ0) is 17.4. The van der Waals surface area contributed by atoms with E-state index in [0.29, 0.717) is 12.2 Å². The van der Waals surface area contributed by atoms with Crippen LogP contribution in [0.5, 0.6) is 0 Å². The molecule has 0 aliphatic rings. The van der Waals surface area contributed by atoms with Crippen molar-refractivity contribution in [2.45, 2.75) is 26.3 Å². The quantitative estimate of drug-likeness (QED) is 0.576. The van der Waals surface area contributed by atoms with E-state index in [2.05, 4.69) is 22.3 Å². The first kappa shape index (κ1) is 17.5. The van der Waals surface area contributed by atoms with Crippen LogP contribution in [0.1, 0.15) is 17.5 Å². The first-order chi connectivity index (χ1) is 11.6. The number of rotatable bonds is 8. The number of nitrogens with one attached hydrogen (secondary N) is 2. The van der Waals surface area contributed by atoms with Crippen LogP contribution >= 0.6 is 0 Å². The van der Waals surface area contributed by atoms with E-state index in [9.17, 15) is 9.59 Å². The molecule has 0 aliphatic carbocycles. The fourth-order valence-electron chi connectivity index (χ4n) is 2.26. The molecule has 2 aromatic rings. The van der Waals surface area contributed by atoms with Gasteiger partial charge in [-0.25, -0.2) is 0 Å². The van der Waals surface area contributed by atoms with Crippen molar-refractivity contribution < 1.29 is 9.59 Å². The standard InChI is InChI=1S/C18H22N4O2/c1-3-17(23)21-16-7-4-6-15(10-16)11-18(24)19-8-5-9-22-13-14(2)12-20-22/h3-4,6-7,10,12-13H,1,5,8-9,11H2,2H3,(H,19,24)(H,21,23). The van der Waals surface area contributed by atoms with Crippen molar-refractivity contribution in [3.05, 3.63) is 60.4 Å². The first-order valence-electron chi connectivity index (χ1n) is 7.85. The number of anilines is 1. The number of carbonyl (C=O) groups is 2. The summed E-state index contributed by atoms with van der Waals surface area (Å²) < 4.78 is 1.87. The van der Waals surface area contributed by atoms with Crippen molar-refractivity contribution >= 4 is 17.5 Å². The maximum atomic E-state index is 12.0. The van der Waals surface area contributed by atoms with Crippen LogP contribution in [0.25, 0.3) is 0 Å². The van der Waals surface area contributed by atoms with Gasteiger partial charge >= 0.3 is 0 Å². The van der Waals surface area contributed by atoms with Crippen LogP contribution in [-0.2, 0) is 22.6 Å². The van der Waals surface area contributed by atoms with E-state index in [-0.39, 0.29) is 18.2 Å². The third kappa shape index (κ3) is 5.72. The van der Waals surface area contributed by atoms with Crippen LogP contribution in [0.3, 0.4) is 0 Å². The number of nitrogens with zero attached hydrogens (tertiary/aromatic N) is 2. The van der Waals surface area contributed by atoms with Crippen LogP contribution in [0.2, 0.25) is 0 Å². The minimum Gasteiger partial charge on any atom is -0.356 e. The van der Waals surface area contributed by atoms with Gasteiger partial charge in [-0.3, -0.25) is 14.3 Å². The van der Waals surface area contributed by atoms with Gasteiger partial charge in [-0.15, -0.1) is 0 Å². The third-order valence-corrected chi connectivity index (χ3v) is 3.39. The molecule has 1 heterocycles. The highest BCUT2D eigenvalue weighted by Crippen LogP contribution is 2.11. The largest absolute Gasteiger partial charge is 0.356 e. The number of aromatic nitrogens is 2. The summed E-state index contributed by atoms with van der Waals surface area (Å²) in [5.41, 5.74) is 2.62. The second kappa shape index (κ2) is 8.67. The van der Waals surface area contributed by atoms with E-state index >= 15 is 0 Å². The summed E-state index contributed by atoms with van der Waals surface area (Å²) in [6, 6.07) is 7.22. The van der Waals surface area contributed by atoms with E-state index in [1.54, 1.807) is 18.2 Å². The van der Waals surface area contributed by atoms with Crippen molar-refractivity contribution in [1.29, 1.82) is 0 Å². The van der Waals surface area contributed by atoms with E-state index in [1.807, 2.05) is 30.1 Å². The van der Waals surface area contributed by atoms with Crippen LogP contribution in [-0.4, -0.2) is 28.1 Å². The van der Waals surface area contributed by atoms with Gasteiger partial charge in [-0.1, -0.05) is 18.7 Å². The summed E-state index contributed by atoms with van der Waals surface area (Å²) in [6.45, 7) is 6.78.